The first kappa shape index (κ1) is 15.5. The van der Waals surface area contributed by atoms with Crippen molar-refractivity contribution in [2.24, 2.45) is 5.73 Å². The number of benzene rings is 1. The van der Waals surface area contributed by atoms with Crippen molar-refractivity contribution < 1.29 is 9.53 Å². The molecule has 0 spiro atoms. The van der Waals surface area contributed by atoms with Crippen LogP contribution in [0.2, 0.25) is 0 Å². The van der Waals surface area contributed by atoms with E-state index in [-0.39, 0.29) is 11.9 Å². The highest BCUT2D eigenvalue weighted by Crippen LogP contribution is 2.22. The Labute approximate surface area is 115 Å². The summed E-state index contributed by atoms with van der Waals surface area (Å²) in [7, 11) is 3.53. The lowest BCUT2D eigenvalue weighted by molar-refractivity contribution is -0.128. The van der Waals surface area contributed by atoms with E-state index in [1.54, 1.807) is 19.0 Å². The Kier molecular flexibility index (Phi) is 5.83. The Morgan fingerprint density at radius 3 is 2.63 bits per heavy atom. The van der Waals surface area contributed by atoms with Crippen LogP contribution in [0.4, 0.5) is 0 Å². The lowest BCUT2D eigenvalue weighted by Gasteiger charge is -2.13. The van der Waals surface area contributed by atoms with Crippen molar-refractivity contribution in [3.8, 4) is 5.75 Å². The fourth-order valence-electron chi connectivity index (χ4n) is 1.75. The molecule has 1 aromatic rings. The highest BCUT2D eigenvalue weighted by atomic mass is 16.5. The minimum absolute atomic E-state index is 0.0328. The van der Waals surface area contributed by atoms with Crippen LogP contribution in [0.15, 0.2) is 18.2 Å². The van der Waals surface area contributed by atoms with Gasteiger partial charge < -0.3 is 15.4 Å². The van der Waals surface area contributed by atoms with Gasteiger partial charge in [-0.1, -0.05) is 12.1 Å². The van der Waals surface area contributed by atoms with Gasteiger partial charge in [0, 0.05) is 26.6 Å². The number of amides is 1. The molecule has 1 aromatic carbocycles. The van der Waals surface area contributed by atoms with Crippen LogP contribution < -0.4 is 10.5 Å². The third kappa shape index (κ3) is 4.91. The standard InChI is InChI=1S/C15H24N2O2/c1-11-10-13(12(2)16)7-8-14(11)19-9-5-6-15(18)17(3)4/h7-8,10,12H,5-6,9,16H2,1-4H3/t12-/m1/s1. The second kappa shape index (κ2) is 7.14. The van der Waals surface area contributed by atoms with Crippen LogP contribution in [0.25, 0.3) is 0 Å². The molecule has 1 atom stereocenters. The Morgan fingerprint density at radius 2 is 2.11 bits per heavy atom. The molecule has 0 saturated heterocycles. The predicted octanol–water partition coefficient (Wildman–Crippen LogP) is 2.26. The minimum Gasteiger partial charge on any atom is -0.493 e. The van der Waals surface area contributed by atoms with Crippen LogP contribution in [0.3, 0.4) is 0 Å². The molecular formula is C15H24N2O2. The third-order valence-corrected chi connectivity index (χ3v) is 3.02. The van der Waals surface area contributed by atoms with Crippen LogP contribution in [0.1, 0.15) is 36.9 Å². The van der Waals surface area contributed by atoms with Gasteiger partial charge in [-0.25, -0.2) is 0 Å². The number of aryl methyl sites for hydroxylation is 1. The summed E-state index contributed by atoms with van der Waals surface area (Å²) in [6.07, 6.45) is 1.25. The van der Waals surface area contributed by atoms with Gasteiger partial charge in [0.2, 0.25) is 5.91 Å². The number of carbonyl (C=O) groups excluding carboxylic acids is 1. The van der Waals surface area contributed by atoms with Gasteiger partial charge in [0.15, 0.2) is 0 Å². The van der Waals surface area contributed by atoms with Gasteiger partial charge in [0.1, 0.15) is 5.75 Å². The van der Waals surface area contributed by atoms with E-state index in [9.17, 15) is 4.79 Å². The molecule has 1 amide bonds. The van der Waals surface area contributed by atoms with E-state index in [2.05, 4.69) is 0 Å². The fraction of sp³-hybridized carbons (Fsp3) is 0.533. The highest BCUT2D eigenvalue weighted by molar-refractivity contribution is 5.75. The quantitative estimate of drug-likeness (QED) is 0.802. The first-order valence-corrected chi connectivity index (χ1v) is 6.61. The van der Waals surface area contributed by atoms with E-state index in [4.69, 9.17) is 10.5 Å². The molecule has 2 N–H and O–H groups in total. The Bertz CT molecular complexity index is 428. The van der Waals surface area contributed by atoms with Crippen molar-refractivity contribution in [2.75, 3.05) is 20.7 Å². The van der Waals surface area contributed by atoms with E-state index in [1.165, 1.54) is 0 Å². The average molecular weight is 264 g/mol. The molecule has 0 bridgehead atoms. The summed E-state index contributed by atoms with van der Waals surface area (Å²) in [6.45, 7) is 4.52. The topological polar surface area (TPSA) is 55.6 Å². The van der Waals surface area contributed by atoms with Crippen molar-refractivity contribution in [3.05, 3.63) is 29.3 Å². The van der Waals surface area contributed by atoms with Crippen LogP contribution >= 0.6 is 0 Å². The van der Waals surface area contributed by atoms with Gasteiger partial charge in [-0.15, -0.1) is 0 Å². The fourth-order valence-corrected chi connectivity index (χ4v) is 1.75. The molecule has 0 aliphatic carbocycles. The number of hydrogen-bond acceptors (Lipinski definition) is 3. The molecule has 1 rings (SSSR count). The zero-order valence-electron chi connectivity index (χ0n) is 12.3. The maximum atomic E-state index is 11.4. The average Bonchev–Trinajstić information content (AvgIpc) is 2.35. The van der Waals surface area contributed by atoms with Crippen molar-refractivity contribution >= 4 is 5.91 Å². The monoisotopic (exact) mass is 264 g/mol. The van der Waals surface area contributed by atoms with Crippen molar-refractivity contribution in [2.45, 2.75) is 32.7 Å². The zero-order chi connectivity index (χ0) is 14.4. The van der Waals surface area contributed by atoms with Gasteiger partial charge in [-0.2, -0.15) is 0 Å². The maximum absolute atomic E-state index is 11.4. The van der Waals surface area contributed by atoms with Crippen molar-refractivity contribution in [3.63, 3.8) is 0 Å². The molecule has 0 aliphatic rings. The van der Waals surface area contributed by atoms with Crippen LogP contribution in [0.5, 0.6) is 5.75 Å². The lowest BCUT2D eigenvalue weighted by Crippen LogP contribution is -2.21. The van der Waals surface area contributed by atoms with Gasteiger partial charge in [-0.05, 0) is 37.5 Å². The molecule has 0 aliphatic heterocycles. The molecular weight excluding hydrogens is 240 g/mol. The number of nitrogens with zero attached hydrogens (tertiary/aromatic N) is 1. The lowest BCUT2D eigenvalue weighted by atomic mass is 10.1. The molecule has 0 radical (unpaired) electrons. The zero-order valence-corrected chi connectivity index (χ0v) is 12.3. The summed E-state index contributed by atoms with van der Waals surface area (Å²) < 4.78 is 5.69. The molecule has 4 nitrogen and oxygen atoms in total. The summed E-state index contributed by atoms with van der Waals surface area (Å²) in [5.74, 6) is 0.995. The summed E-state index contributed by atoms with van der Waals surface area (Å²) in [5.41, 5.74) is 8.01. The maximum Gasteiger partial charge on any atom is 0.222 e. The van der Waals surface area contributed by atoms with Gasteiger partial charge >= 0.3 is 0 Å². The molecule has 0 saturated carbocycles. The molecule has 19 heavy (non-hydrogen) atoms. The Morgan fingerprint density at radius 1 is 1.42 bits per heavy atom. The summed E-state index contributed by atoms with van der Waals surface area (Å²) >= 11 is 0. The largest absolute Gasteiger partial charge is 0.493 e. The second-order valence-electron chi connectivity index (χ2n) is 5.05. The molecule has 106 valence electrons. The normalized spacial score (nSPS) is 12.1. The van der Waals surface area contributed by atoms with Crippen molar-refractivity contribution in [1.82, 2.24) is 4.90 Å². The molecule has 0 fully saturated rings. The molecule has 0 aromatic heterocycles. The van der Waals surface area contributed by atoms with E-state index in [0.29, 0.717) is 13.0 Å². The first-order valence-electron chi connectivity index (χ1n) is 6.61. The van der Waals surface area contributed by atoms with Crippen LogP contribution in [0, 0.1) is 6.92 Å². The highest BCUT2D eigenvalue weighted by Gasteiger charge is 2.06. The minimum atomic E-state index is 0.0328. The number of rotatable bonds is 6. The van der Waals surface area contributed by atoms with E-state index < -0.39 is 0 Å². The number of carbonyl (C=O) groups is 1. The molecule has 0 unspecified atom stereocenters. The number of ether oxygens (including phenoxy) is 1. The summed E-state index contributed by atoms with van der Waals surface area (Å²) in [4.78, 5) is 13.0. The van der Waals surface area contributed by atoms with E-state index in [1.807, 2.05) is 32.0 Å². The molecule has 4 heteroatoms. The van der Waals surface area contributed by atoms with Crippen molar-refractivity contribution in [1.29, 1.82) is 0 Å². The van der Waals surface area contributed by atoms with Crippen LogP contribution in [-0.4, -0.2) is 31.5 Å². The van der Waals surface area contributed by atoms with Gasteiger partial charge in [0.05, 0.1) is 6.61 Å². The smallest absolute Gasteiger partial charge is 0.222 e. The Balaban J connectivity index is 2.44. The molecule has 0 heterocycles. The third-order valence-electron chi connectivity index (χ3n) is 3.02. The van der Waals surface area contributed by atoms with Crippen LogP contribution in [-0.2, 0) is 4.79 Å². The summed E-state index contributed by atoms with van der Waals surface area (Å²) in [6, 6.07) is 6.01. The number of nitrogens with two attached hydrogens (primary N) is 1. The number of hydrogen-bond donors (Lipinski definition) is 1. The van der Waals surface area contributed by atoms with Gasteiger partial charge in [0.25, 0.3) is 0 Å². The van der Waals surface area contributed by atoms with Gasteiger partial charge in [-0.3, -0.25) is 4.79 Å². The second-order valence-corrected chi connectivity index (χ2v) is 5.05. The predicted molar refractivity (Wildman–Crippen MR) is 77.2 cm³/mol. The van der Waals surface area contributed by atoms with E-state index >= 15 is 0 Å². The van der Waals surface area contributed by atoms with E-state index in [0.717, 1.165) is 23.3 Å². The first-order chi connectivity index (χ1) is 8.91. The Hall–Kier alpha value is -1.55. The SMILES string of the molecule is Cc1cc([C@@H](C)N)ccc1OCCCC(=O)N(C)C. The summed E-state index contributed by atoms with van der Waals surface area (Å²) in [5, 5.41) is 0.